The third-order valence-electron chi connectivity index (χ3n) is 4.98. The van der Waals surface area contributed by atoms with Gasteiger partial charge in [0.2, 0.25) is 0 Å². The van der Waals surface area contributed by atoms with Crippen LogP contribution < -0.4 is 14.9 Å². The van der Waals surface area contributed by atoms with Gasteiger partial charge in [-0.3, -0.25) is 19.9 Å². The molecule has 0 radical (unpaired) electrons. The van der Waals surface area contributed by atoms with Crippen LogP contribution in [-0.2, 0) is 6.61 Å². The summed E-state index contributed by atoms with van der Waals surface area (Å²) in [7, 11) is 1.57. The molecule has 9 nitrogen and oxygen atoms in total. The van der Waals surface area contributed by atoms with Gasteiger partial charge in [-0.15, -0.1) is 0 Å². The van der Waals surface area contributed by atoms with Crippen LogP contribution in [0, 0.1) is 10.1 Å². The zero-order valence-electron chi connectivity index (χ0n) is 18.2. The normalized spacial score (nSPS) is 10.9. The highest BCUT2D eigenvalue weighted by Crippen LogP contribution is 2.26. The smallest absolute Gasteiger partial charge is 0.271 e. The number of carbonyl (C=O) groups excluding carboxylic acids is 1. The van der Waals surface area contributed by atoms with E-state index in [2.05, 4.69) is 15.5 Å². The largest absolute Gasteiger partial charge is 0.496 e. The molecule has 0 unspecified atom stereocenters. The van der Waals surface area contributed by atoms with Gasteiger partial charge in [0.1, 0.15) is 23.6 Å². The van der Waals surface area contributed by atoms with E-state index in [1.54, 1.807) is 25.4 Å². The second-order valence-electron chi connectivity index (χ2n) is 7.20. The van der Waals surface area contributed by atoms with Crippen LogP contribution in [0.2, 0.25) is 0 Å². The molecule has 0 saturated carbocycles. The van der Waals surface area contributed by atoms with Crippen LogP contribution >= 0.6 is 0 Å². The number of nitrogens with zero attached hydrogens (tertiary/aromatic N) is 3. The van der Waals surface area contributed by atoms with Crippen molar-refractivity contribution in [3.63, 3.8) is 0 Å². The summed E-state index contributed by atoms with van der Waals surface area (Å²) in [4.78, 5) is 27.0. The number of methoxy groups -OCH3 is 1. The summed E-state index contributed by atoms with van der Waals surface area (Å²) in [6.45, 7) is 0.237. The Kier molecular flexibility index (Phi) is 6.73. The van der Waals surface area contributed by atoms with Crippen LogP contribution in [0.5, 0.6) is 11.5 Å². The standard InChI is InChI=1S/C25H20N4O5/c1-33-22-11-10-17(15-27-28-25(30)19-6-2-8-21(14-19)29(31)32)13-20(22)16-34-23-9-3-5-18-7-4-12-26-24(18)23/h2-15H,16H2,1H3,(H,28,30)/b27-15-. The molecule has 0 saturated heterocycles. The van der Waals surface area contributed by atoms with E-state index >= 15 is 0 Å². The number of pyridine rings is 1. The SMILES string of the molecule is COc1ccc(/C=N\NC(=O)c2cccc([N+](=O)[O-])c2)cc1COc1cccc2cccnc12. The Morgan fingerprint density at radius 1 is 1.09 bits per heavy atom. The summed E-state index contributed by atoms with van der Waals surface area (Å²) in [5.74, 6) is 0.745. The lowest BCUT2D eigenvalue weighted by Crippen LogP contribution is -2.17. The van der Waals surface area contributed by atoms with Gasteiger partial charge in [-0.2, -0.15) is 5.10 Å². The number of hydrogen-bond donors (Lipinski definition) is 1. The number of rotatable bonds is 8. The van der Waals surface area contributed by atoms with Crippen LogP contribution in [0.25, 0.3) is 10.9 Å². The fourth-order valence-electron chi connectivity index (χ4n) is 3.33. The predicted molar refractivity (Wildman–Crippen MR) is 127 cm³/mol. The van der Waals surface area contributed by atoms with Crippen molar-refractivity contribution in [1.29, 1.82) is 0 Å². The van der Waals surface area contributed by atoms with Crippen molar-refractivity contribution in [3.8, 4) is 11.5 Å². The summed E-state index contributed by atoms with van der Waals surface area (Å²) in [5, 5.41) is 15.8. The number of hydrazone groups is 1. The molecule has 3 aromatic carbocycles. The van der Waals surface area contributed by atoms with E-state index in [0.29, 0.717) is 17.1 Å². The Balaban J connectivity index is 1.46. The number of benzene rings is 3. The molecule has 0 aliphatic heterocycles. The zero-order valence-corrected chi connectivity index (χ0v) is 18.2. The molecule has 1 amide bonds. The third-order valence-corrected chi connectivity index (χ3v) is 4.98. The van der Waals surface area contributed by atoms with Gasteiger partial charge in [0.15, 0.2) is 0 Å². The monoisotopic (exact) mass is 456 g/mol. The van der Waals surface area contributed by atoms with E-state index < -0.39 is 10.8 Å². The Morgan fingerprint density at radius 2 is 1.91 bits per heavy atom. The Morgan fingerprint density at radius 3 is 2.74 bits per heavy atom. The topological polar surface area (TPSA) is 116 Å². The minimum atomic E-state index is -0.560. The molecule has 0 aliphatic rings. The number of amides is 1. The summed E-state index contributed by atoms with van der Waals surface area (Å²) >= 11 is 0. The van der Waals surface area contributed by atoms with E-state index in [4.69, 9.17) is 9.47 Å². The van der Waals surface area contributed by atoms with E-state index in [-0.39, 0.29) is 17.9 Å². The van der Waals surface area contributed by atoms with Crippen molar-refractivity contribution in [2.75, 3.05) is 7.11 Å². The highest BCUT2D eigenvalue weighted by atomic mass is 16.6. The van der Waals surface area contributed by atoms with Crippen molar-refractivity contribution in [2.45, 2.75) is 6.61 Å². The van der Waals surface area contributed by atoms with Crippen molar-refractivity contribution in [2.24, 2.45) is 5.10 Å². The molecule has 0 spiro atoms. The van der Waals surface area contributed by atoms with E-state index in [1.807, 2.05) is 36.4 Å². The molecule has 34 heavy (non-hydrogen) atoms. The lowest BCUT2D eigenvalue weighted by Gasteiger charge is -2.12. The predicted octanol–water partition coefficient (Wildman–Crippen LogP) is 4.49. The molecule has 0 aliphatic carbocycles. The first-order chi connectivity index (χ1) is 16.5. The van der Waals surface area contributed by atoms with Crippen molar-refractivity contribution < 1.29 is 19.2 Å². The van der Waals surface area contributed by atoms with Crippen LogP contribution in [-0.4, -0.2) is 29.1 Å². The second kappa shape index (κ2) is 10.2. The molecule has 4 rings (SSSR count). The number of nitro benzene ring substituents is 1. The first-order valence-electron chi connectivity index (χ1n) is 10.3. The van der Waals surface area contributed by atoms with Gasteiger partial charge in [0, 0.05) is 34.8 Å². The first-order valence-corrected chi connectivity index (χ1v) is 10.3. The van der Waals surface area contributed by atoms with E-state index in [9.17, 15) is 14.9 Å². The maximum atomic E-state index is 12.3. The number of nitro groups is 1. The average Bonchev–Trinajstić information content (AvgIpc) is 2.87. The number of non-ortho nitro benzene ring substituents is 1. The summed E-state index contributed by atoms with van der Waals surface area (Å²) in [6, 6.07) is 20.4. The third kappa shape index (κ3) is 5.16. The Labute approximate surface area is 194 Å². The average molecular weight is 456 g/mol. The number of ether oxygens (including phenoxy) is 2. The summed E-state index contributed by atoms with van der Waals surface area (Å²) in [5.41, 5.74) is 4.60. The molecule has 9 heteroatoms. The van der Waals surface area contributed by atoms with Gasteiger partial charge in [-0.05, 0) is 42.0 Å². The number of fused-ring (bicyclic) bond motifs is 1. The molecule has 170 valence electrons. The number of hydrogen-bond acceptors (Lipinski definition) is 7. The second-order valence-corrected chi connectivity index (χ2v) is 7.20. The van der Waals surface area contributed by atoms with E-state index in [0.717, 1.165) is 16.5 Å². The van der Waals surface area contributed by atoms with Gasteiger partial charge < -0.3 is 9.47 Å². The van der Waals surface area contributed by atoms with Gasteiger partial charge in [-0.1, -0.05) is 24.3 Å². The van der Waals surface area contributed by atoms with Crippen LogP contribution in [0.4, 0.5) is 5.69 Å². The highest BCUT2D eigenvalue weighted by Gasteiger charge is 2.11. The van der Waals surface area contributed by atoms with Crippen molar-refractivity contribution >= 4 is 28.7 Å². The number of aromatic nitrogens is 1. The lowest BCUT2D eigenvalue weighted by molar-refractivity contribution is -0.384. The number of carbonyl (C=O) groups is 1. The van der Waals surface area contributed by atoms with Gasteiger partial charge >= 0.3 is 0 Å². The molecule has 1 aromatic heterocycles. The maximum absolute atomic E-state index is 12.3. The molecular formula is C25H20N4O5. The molecule has 1 N–H and O–H groups in total. The molecule has 1 heterocycles. The van der Waals surface area contributed by atoms with Gasteiger partial charge in [0.05, 0.1) is 18.2 Å². The Hall–Kier alpha value is -4.79. The molecule has 0 bridgehead atoms. The fourth-order valence-corrected chi connectivity index (χ4v) is 3.33. The van der Waals surface area contributed by atoms with Crippen LogP contribution in [0.15, 0.2) is 84.1 Å². The van der Waals surface area contributed by atoms with Gasteiger partial charge in [-0.25, -0.2) is 5.43 Å². The Bertz CT molecular complexity index is 1380. The van der Waals surface area contributed by atoms with Crippen molar-refractivity contribution in [3.05, 3.63) is 106 Å². The lowest BCUT2D eigenvalue weighted by atomic mass is 10.1. The quantitative estimate of drug-likeness (QED) is 0.237. The van der Waals surface area contributed by atoms with Gasteiger partial charge in [0.25, 0.3) is 11.6 Å². The fraction of sp³-hybridized carbons (Fsp3) is 0.0800. The molecule has 4 aromatic rings. The number of para-hydroxylation sites is 1. The summed E-state index contributed by atoms with van der Waals surface area (Å²) in [6.07, 6.45) is 3.19. The number of nitrogens with one attached hydrogen (secondary N) is 1. The molecule has 0 atom stereocenters. The minimum Gasteiger partial charge on any atom is -0.496 e. The van der Waals surface area contributed by atoms with E-state index in [1.165, 1.54) is 30.5 Å². The van der Waals surface area contributed by atoms with Crippen LogP contribution in [0.3, 0.4) is 0 Å². The molecule has 0 fully saturated rings. The maximum Gasteiger partial charge on any atom is 0.271 e. The minimum absolute atomic E-state index is 0.138. The summed E-state index contributed by atoms with van der Waals surface area (Å²) < 4.78 is 11.5. The zero-order chi connectivity index (χ0) is 23.9. The molecular weight excluding hydrogens is 436 g/mol. The highest BCUT2D eigenvalue weighted by molar-refractivity contribution is 5.95. The van der Waals surface area contributed by atoms with Crippen molar-refractivity contribution in [1.82, 2.24) is 10.4 Å². The first kappa shape index (κ1) is 22.4. The van der Waals surface area contributed by atoms with Crippen LogP contribution in [0.1, 0.15) is 21.5 Å².